The molecular weight excluding hydrogens is 470 g/mol. The minimum Gasteiger partial charge on any atom is -0.380 e. The number of nitrogens with one attached hydrogen (secondary N) is 2. The zero-order valence-corrected chi connectivity index (χ0v) is 20.1. The van der Waals surface area contributed by atoms with Gasteiger partial charge in [0.2, 0.25) is 5.91 Å². The first-order valence-electron chi connectivity index (χ1n) is 11.0. The minimum atomic E-state index is -0.785. The molecule has 5 atom stereocenters. The van der Waals surface area contributed by atoms with Crippen molar-refractivity contribution in [3.05, 3.63) is 56.9 Å². The maximum absolute atomic E-state index is 12.8. The number of benzene rings is 1. The summed E-state index contributed by atoms with van der Waals surface area (Å²) in [4.78, 5) is 25.3. The average Bonchev–Trinajstić information content (AvgIpc) is 2.78. The van der Waals surface area contributed by atoms with Crippen molar-refractivity contribution < 1.29 is 4.79 Å². The van der Waals surface area contributed by atoms with Crippen molar-refractivity contribution >= 4 is 27.5 Å². The molecule has 2 N–H and O–H groups in total. The zero-order valence-electron chi connectivity index (χ0n) is 18.5. The van der Waals surface area contributed by atoms with Gasteiger partial charge in [-0.1, -0.05) is 51.1 Å². The van der Waals surface area contributed by atoms with E-state index in [0.29, 0.717) is 44.9 Å². The molecule has 7 nitrogen and oxygen atoms in total. The molecule has 3 fully saturated rings. The van der Waals surface area contributed by atoms with Gasteiger partial charge in [-0.25, -0.2) is 4.68 Å². The van der Waals surface area contributed by atoms with E-state index in [4.69, 9.17) is 0 Å². The highest BCUT2D eigenvalue weighted by atomic mass is 79.9. The highest BCUT2D eigenvalue weighted by Gasteiger charge is 2.56. The van der Waals surface area contributed by atoms with E-state index >= 15 is 0 Å². The molecule has 32 heavy (non-hydrogen) atoms. The summed E-state index contributed by atoms with van der Waals surface area (Å²) in [6.07, 6.45) is 3.96. The van der Waals surface area contributed by atoms with Crippen LogP contribution >= 0.6 is 15.9 Å². The standard InChI is InChI=1S/C24H28BrN5O2/c1-14-17-9-16(24(17,2)3)10-18(14)28-20-12-27-30(23(32)22(20)25)13-21(31)29-19(11-26)15-7-5-4-6-8-15/h4-8,12,14,16-19,28H,9-10,13H2,1-3H3,(H,29,31)/t14-,16+,17-,18-,19?/m1/s1. The first kappa shape index (κ1) is 22.5. The monoisotopic (exact) mass is 497 g/mol. The summed E-state index contributed by atoms with van der Waals surface area (Å²) >= 11 is 3.40. The number of amides is 1. The lowest BCUT2D eigenvalue weighted by Crippen LogP contribution is -2.58. The Morgan fingerprint density at radius 3 is 2.69 bits per heavy atom. The number of carbonyl (C=O) groups excluding carboxylic acids is 1. The largest absolute Gasteiger partial charge is 0.380 e. The molecule has 2 bridgehead atoms. The van der Waals surface area contributed by atoms with E-state index in [2.05, 4.69) is 58.5 Å². The van der Waals surface area contributed by atoms with Crippen LogP contribution in [0.3, 0.4) is 0 Å². The number of aromatic nitrogens is 2. The van der Waals surface area contributed by atoms with Crippen LogP contribution in [0.5, 0.6) is 0 Å². The van der Waals surface area contributed by atoms with Gasteiger partial charge in [-0.3, -0.25) is 9.59 Å². The van der Waals surface area contributed by atoms with Crippen LogP contribution in [0.15, 0.2) is 45.8 Å². The summed E-state index contributed by atoms with van der Waals surface area (Å²) in [7, 11) is 0. The number of hydrogen-bond donors (Lipinski definition) is 2. The second-order valence-electron chi connectivity index (χ2n) is 9.58. The number of hydrogen-bond acceptors (Lipinski definition) is 5. The van der Waals surface area contributed by atoms with Crippen LogP contribution in [-0.4, -0.2) is 21.7 Å². The van der Waals surface area contributed by atoms with Gasteiger partial charge in [-0.05, 0) is 57.5 Å². The average molecular weight is 498 g/mol. The molecular formula is C24H28BrN5O2. The first-order valence-corrected chi connectivity index (χ1v) is 11.8. The van der Waals surface area contributed by atoms with Crippen molar-refractivity contribution in [2.75, 3.05) is 5.32 Å². The van der Waals surface area contributed by atoms with Gasteiger partial charge in [0.25, 0.3) is 5.56 Å². The molecule has 5 rings (SSSR count). The molecule has 2 aromatic rings. The van der Waals surface area contributed by atoms with E-state index in [0.717, 1.165) is 11.1 Å². The first-order chi connectivity index (χ1) is 15.2. The van der Waals surface area contributed by atoms with E-state index < -0.39 is 11.9 Å². The fourth-order valence-electron chi connectivity index (χ4n) is 5.40. The predicted molar refractivity (Wildman–Crippen MR) is 126 cm³/mol. The van der Waals surface area contributed by atoms with E-state index in [-0.39, 0.29) is 12.1 Å². The molecule has 1 aromatic heterocycles. The minimum absolute atomic E-state index is 0.263. The quantitative estimate of drug-likeness (QED) is 0.630. The van der Waals surface area contributed by atoms with Gasteiger partial charge in [-0.2, -0.15) is 10.4 Å². The second-order valence-corrected chi connectivity index (χ2v) is 10.4. The van der Waals surface area contributed by atoms with Gasteiger partial charge < -0.3 is 10.6 Å². The van der Waals surface area contributed by atoms with E-state index in [1.165, 1.54) is 6.42 Å². The SMILES string of the molecule is C[C@@H]1[C@H]2C[C@@H](C[C@H]1Nc1cnn(CC(=O)NC(C#N)c3ccccc3)c(=O)c1Br)C2(C)C. The van der Waals surface area contributed by atoms with E-state index in [1.54, 1.807) is 30.5 Å². The number of rotatable bonds is 6. The van der Waals surface area contributed by atoms with Crippen LogP contribution in [0.2, 0.25) is 0 Å². The molecule has 3 saturated carbocycles. The summed E-state index contributed by atoms with van der Waals surface area (Å²) in [5.74, 6) is 1.45. The number of carbonyl (C=O) groups is 1. The molecule has 0 spiro atoms. The third-order valence-electron chi connectivity index (χ3n) is 7.54. The summed E-state index contributed by atoms with van der Waals surface area (Å²) in [5, 5.41) is 19.8. The van der Waals surface area contributed by atoms with Gasteiger partial charge in [0.1, 0.15) is 17.1 Å². The van der Waals surface area contributed by atoms with Crippen LogP contribution in [0.4, 0.5) is 5.69 Å². The van der Waals surface area contributed by atoms with Crippen molar-refractivity contribution in [3.63, 3.8) is 0 Å². The Kier molecular flexibility index (Phi) is 6.13. The summed E-state index contributed by atoms with van der Waals surface area (Å²) in [6, 6.07) is 10.6. The Labute approximate surface area is 196 Å². The predicted octanol–water partition coefficient (Wildman–Crippen LogP) is 3.87. The Bertz CT molecular complexity index is 1110. The molecule has 168 valence electrons. The Hall–Kier alpha value is -2.66. The third kappa shape index (κ3) is 4.06. The molecule has 0 aliphatic heterocycles. The number of fused-ring (bicyclic) bond motifs is 2. The van der Waals surface area contributed by atoms with Gasteiger partial charge in [0.05, 0.1) is 18.0 Å². The number of anilines is 1. The number of nitriles is 1. The summed E-state index contributed by atoms with van der Waals surface area (Å²) in [6.45, 7) is 6.74. The smallest absolute Gasteiger partial charge is 0.283 e. The molecule has 1 aromatic carbocycles. The zero-order chi connectivity index (χ0) is 23.0. The van der Waals surface area contributed by atoms with Crippen molar-refractivity contribution in [3.8, 4) is 6.07 Å². The summed E-state index contributed by atoms with van der Waals surface area (Å²) in [5.41, 5.74) is 1.35. The van der Waals surface area contributed by atoms with Crippen LogP contribution in [0.1, 0.15) is 45.2 Å². The lowest BCUT2D eigenvalue weighted by molar-refractivity contribution is -0.122. The second kappa shape index (κ2) is 8.70. The fourth-order valence-corrected chi connectivity index (χ4v) is 5.82. The van der Waals surface area contributed by atoms with E-state index in [1.807, 2.05) is 6.07 Å². The van der Waals surface area contributed by atoms with Gasteiger partial charge >= 0.3 is 0 Å². The van der Waals surface area contributed by atoms with Crippen molar-refractivity contribution in [1.82, 2.24) is 15.1 Å². The maximum Gasteiger partial charge on any atom is 0.283 e. The van der Waals surface area contributed by atoms with Crippen LogP contribution < -0.4 is 16.2 Å². The van der Waals surface area contributed by atoms with Crippen molar-refractivity contribution in [2.45, 2.75) is 52.2 Å². The number of halogens is 1. The lowest BCUT2D eigenvalue weighted by Gasteiger charge is -2.62. The Balaban J connectivity index is 1.42. The van der Waals surface area contributed by atoms with Gasteiger partial charge in [0.15, 0.2) is 0 Å². The van der Waals surface area contributed by atoms with Crippen molar-refractivity contribution in [1.29, 1.82) is 5.26 Å². The molecule has 0 saturated heterocycles. The summed E-state index contributed by atoms with van der Waals surface area (Å²) < 4.78 is 1.47. The molecule has 3 aliphatic rings. The van der Waals surface area contributed by atoms with E-state index in [9.17, 15) is 14.9 Å². The lowest BCUT2D eigenvalue weighted by atomic mass is 9.45. The molecule has 1 amide bonds. The highest BCUT2D eigenvalue weighted by Crippen LogP contribution is 2.61. The van der Waals surface area contributed by atoms with Gasteiger partial charge in [0, 0.05) is 6.04 Å². The Morgan fingerprint density at radius 1 is 1.34 bits per heavy atom. The van der Waals surface area contributed by atoms with Crippen molar-refractivity contribution in [2.24, 2.45) is 23.2 Å². The molecule has 8 heteroatoms. The Morgan fingerprint density at radius 2 is 2.06 bits per heavy atom. The highest BCUT2D eigenvalue weighted by molar-refractivity contribution is 9.10. The van der Waals surface area contributed by atoms with Crippen LogP contribution in [-0.2, 0) is 11.3 Å². The van der Waals surface area contributed by atoms with Crippen LogP contribution in [0, 0.1) is 34.5 Å². The molecule has 1 unspecified atom stereocenters. The van der Waals surface area contributed by atoms with Gasteiger partial charge in [-0.15, -0.1) is 0 Å². The maximum atomic E-state index is 12.8. The topological polar surface area (TPSA) is 99.8 Å². The number of nitrogens with zero attached hydrogens (tertiary/aromatic N) is 3. The fraction of sp³-hybridized carbons (Fsp3) is 0.500. The molecule has 3 aliphatic carbocycles. The third-order valence-corrected chi connectivity index (χ3v) is 8.31. The molecule has 0 radical (unpaired) electrons. The normalized spacial score (nSPS) is 26.3. The molecule has 1 heterocycles. The van der Waals surface area contributed by atoms with Crippen LogP contribution in [0.25, 0.3) is 0 Å².